The molecule has 0 saturated heterocycles. The number of fused-ring (bicyclic) bond motifs is 2. The summed E-state index contributed by atoms with van der Waals surface area (Å²) in [5.74, 6) is 0. The van der Waals surface area contributed by atoms with Crippen LogP contribution in [0.5, 0.6) is 0 Å². The molecule has 2 aromatic heterocycles. The molecule has 0 atom stereocenters. The molecule has 0 amide bonds. The van der Waals surface area contributed by atoms with Gasteiger partial charge in [0, 0.05) is 50.9 Å². The maximum absolute atomic E-state index is 3.75. The van der Waals surface area contributed by atoms with Gasteiger partial charge in [-0.1, -0.05) is 55.2 Å². The highest BCUT2D eigenvalue weighted by Gasteiger charge is 2.15. The van der Waals surface area contributed by atoms with Gasteiger partial charge in [-0.15, -0.1) is 0 Å². The van der Waals surface area contributed by atoms with Crippen LogP contribution in [0, 0.1) is 0 Å². The summed E-state index contributed by atoms with van der Waals surface area (Å²) in [6.45, 7) is 3.75. The number of allylic oxidation sites excluding steroid dienone is 3. The fourth-order valence-electron chi connectivity index (χ4n) is 3.44. The van der Waals surface area contributed by atoms with Crippen LogP contribution in [0.1, 0.15) is 18.5 Å². The summed E-state index contributed by atoms with van der Waals surface area (Å²) in [6.07, 6.45) is 15.9. The number of para-hydroxylation sites is 1. The predicted molar refractivity (Wildman–Crippen MR) is 98.5 cm³/mol. The Balaban J connectivity index is 1.98. The highest BCUT2D eigenvalue weighted by Crippen LogP contribution is 2.31. The lowest BCUT2D eigenvalue weighted by Crippen LogP contribution is -2.25. The summed E-state index contributed by atoms with van der Waals surface area (Å²) in [4.78, 5) is 7.03. The number of nitrogens with one attached hydrogen (secondary N) is 2. The van der Waals surface area contributed by atoms with Crippen LogP contribution in [0.25, 0.3) is 34.2 Å². The molecule has 2 N–H and O–H groups in total. The third kappa shape index (κ3) is 2.36. The lowest BCUT2D eigenvalue weighted by Gasteiger charge is -2.03. The number of H-pyrrole nitrogens is 2. The summed E-state index contributed by atoms with van der Waals surface area (Å²) in [5.41, 5.74) is 5.07. The first kappa shape index (κ1) is 13.9. The first-order chi connectivity index (χ1) is 11.4. The predicted octanol–water partition coefficient (Wildman–Crippen LogP) is 3.80. The Kier molecular flexibility index (Phi) is 3.51. The van der Waals surface area contributed by atoms with Crippen LogP contribution in [0.2, 0.25) is 0 Å². The van der Waals surface area contributed by atoms with Gasteiger partial charge < -0.3 is 9.97 Å². The van der Waals surface area contributed by atoms with Crippen molar-refractivity contribution in [2.45, 2.75) is 19.3 Å². The third-order valence-corrected chi connectivity index (χ3v) is 4.46. The van der Waals surface area contributed by atoms with Crippen LogP contribution in [0.4, 0.5) is 0 Å². The van der Waals surface area contributed by atoms with Crippen molar-refractivity contribution in [3.05, 3.63) is 71.5 Å². The molecule has 0 radical (unpaired) electrons. The first-order valence-corrected chi connectivity index (χ1v) is 8.14. The number of aromatic amines is 2. The third-order valence-electron chi connectivity index (χ3n) is 4.46. The first-order valence-electron chi connectivity index (χ1n) is 8.14. The average molecular weight is 300 g/mol. The zero-order valence-corrected chi connectivity index (χ0v) is 13.1. The molecule has 0 saturated carbocycles. The van der Waals surface area contributed by atoms with Crippen molar-refractivity contribution in [2.24, 2.45) is 0 Å². The van der Waals surface area contributed by atoms with E-state index in [1.807, 2.05) is 12.2 Å². The van der Waals surface area contributed by atoms with Gasteiger partial charge in [-0.25, -0.2) is 0 Å². The maximum Gasteiger partial charge on any atom is 0.0462 e. The van der Waals surface area contributed by atoms with Gasteiger partial charge in [-0.2, -0.15) is 0 Å². The Labute approximate surface area is 135 Å². The second-order valence-electron chi connectivity index (χ2n) is 5.91. The average Bonchev–Trinajstić information content (AvgIpc) is 3.15. The molecule has 0 spiro atoms. The minimum absolute atomic E-state index is 0.875. The van der Waals surface area contributed by atoms with Crippen molar-refractivity contribution in [1.82, 2.24) is 9.97 Å². The summed E-state index contributed by atoms with van der Waals surface area (Å²) in [7, 11) is 0. The summed E-state index contributed by atoms with van der Waals surface area (Å²) in [5, 5.41) is 3.88. The van der Waals surface area contributed by atoms with E-state index in [0.29, 0.717) is 0 Å². The van der Waals surface area contributed by atoms with Gasteiger partial charge in [0.25, 0.3) is 0 Å². The number of aromatic nitrogens is 2. The molecular formula is C21H20N2. The Bertz CT molecular complexity index is 1010. The van der Waals surface area contributed by atoms with Crippen molar-refractivity contribution < 1.29 is 0 Å². The molecule has 1 aliphatic rings. The van der Waals surface area contributed by atoms with E-state index in [9.17, 15) is 0 Å². The van der Waals surface area contributed by atoms with Crippen molar-refractivity contribution in [3.8, 4) is 11.1 Å². The molecule has 2 nitrogen and oxygen atoms in total. The van der Waals surface area contributed by atoms with Crippen LogP contribution < -0.4 is 10.6 Å². The minimum atomic E-state index is 0.875. The molecule has 2 heteroatoms. The fourth-order valence-corrected chi connectivity index (χ4v) is 3.44. The monoisotopic (exact) mass is 300 g/mol. The van der Waals surface area contributed by atoms with E-state index < -0.39 is 0 Å². The molecule has 2 heterocycles. The molecular weight excluding hydrogens is 280 g/mol. The van der Waals surface area contributed by atoms with Gasteiger partial charge in [-0.3, -0.25) is 0 Å². The second-order valence-corrected chi connectivity index (χ2v) is 5.91. The SMILES string of the molecule is C=C/C=C\Cc1[nH]c2ccccc2c1-c1c[nH]c2c1=CCCC=2. The van der Waals surface area contributed by atoms with Gasteiger partial charge in [0.1, 0.15) is 0 Å². The normalized spacial score (nSPS) is 13.7. The van der Waals surface area contributed by atoms with Crippen molar-refractivity contribution >= 4 is 23.1 Å². The lowest BCUT2D eigenvalue weighted by molar-refractivity contribution is 1.10. The van der Waals surface area contributed by atoms with Crippen LogP contribution in [0.15, 0.2) is 55.3 Å². The lowest BCUT2D eigenvalue weighted by atomic mass is 9.99. The van der Waals surface area contributed by atoms with Gasteiger partial charge in [-0.05, 0) is 18.9 Å². The Hall–Kier alpha value is -2.74. The van der Waals surface area contributed by atoms with Crippen molar-refractivity contribution in [3.63, 3.8) is 0 Å². The topological polar surface area (TPSA) is 31.6 Å². The maximum atomic E-state index is 3.75. The molecule has 0 aliphatic heterocycles. The summed E-state index contributed by atoms with van der Waals surface area (Å²) >= 11 is 0. The number of hydrogen-bond acceptors (Lipinski definition) is 0. The highest BCUT2D eigenvalue weighted by molar-refractivity contribution is 5.97. The molecule has 0 unspecified atom stereocenters. The van der Waals surface area contributed by atoms with Crippen molar-refractivity contribution in [1.29, 1.82) is 0 Å². The van der Waals surface area contributed by atoms with Gasteiger partial charge >= 0.3 is 0 Å². The van der Waals surface area contributed by atoms with Crippen LogP contribution in [-0.4, -0.2) is 9.97 Å². The van der Waals surface area contributed by atoms with Crippen LogP contribution in [-0.2, 0) is 6.42 Å². The Morgan fingerprint density at radius 1 is 1.13 bits per heavy atom. The number of benzene rings is 1. The van der Waals surface area contributed by atoms with E-state index in [4.69, 9.17) is 0 Å². The van der Waals surface area contributed by atoms with Gasteiger partial charge in [0.2, 0.25) is 0 Å². The second kappa shape index (κ2) is 5.81. The molecule has 0 bridgehead atoms. The molecule has 0 fully saturated rings. The number of hydrogen-bond donors (Lipinski definition) is 2. The molecule has 1 aliphatic carbocycles. The molecule has 23 heavy (non-hydrogen) atoms. The Morgan fingerprint density at radius 2 is 2.00 bits per heavy atom. The molecule has 4 rings (SSSR count). The fraction of sp³-hybridized carbons (Fsp3) is 0.143. The van der Waals surface area contributed by atoms with E-state index in [-0.39, 0.29) is 0 Å². The minimum Gasteiger partial charge on any atom is -0.361 e. The number of rotatable bonds is 4. The highest BCUT2D eigenvalue weighted by atomic mass is 14.7. The molecule has 3 aromatic rings. The van der Waals surface area contributed by atoms with E-state index in [0.717, 1.165) is 19.3 Å². The molecule has 114 valence electrons. The van der Waals surface area contributed by atoms with Gasteiger partial charge in [0.05, 0.1) is 0 Å². The quantitative estimate of drug-likeness (QED) is 0.687. The largest absolute Gasteiger partial charge is 0.361 e. The van der Waals surface area contributed by atoms with Crippen LogP contribution in [0.3, 0.4) is 0 Å². The van der Waals surface area contributed by atoms with E-state index in [2.05, 4.69) is 65.2 Å². The van der Waals surface area contributed by atoms with E-state index in [1.54, 1.807) is 0 Å². The van der Waals surface area contributed by atoms with E-state index in [1.165, 1.54) is 38.3 Å². The summed E-state index contributed by atoms with van der Waals surface area (Å²) < 4.78 is 0. The Morgan fingerprint density at radius 3 is 2.91 bits per heavy atom. The van der Waals surface area contributed by atoms with Crippen molar-refractivity contribution in [2.75, 3.05) is 0 Å². The summed E-state index contributed by atoms with van der Waals surface area (Å²) in [6, 6.07) is 8.54. The van der Waals surface area contributed by atoms with Gasteiger partial charge in [0.15, 0.2) is 0 Å². The zero-order valence-electron chi connectivity index (χ0n) is 13.1. The standard InChI is InChI=1S/C21H20N2/c1-2-3-4-13-20-21(16-10-6-8-12-19(16)23-20)17-14-22-18-11-7-5-9-15(17)18/h2-4,6,8-12,14,22-23H,1,5,7,13H2/b4-3-. The zero-order chi connectivity index (χ0) is 15.6. The van der Waals surface area contributed by atoms with E-state index >= 15 is 0 Å². The van der Waals surface area contributed by atoms with Crippen LogP contribution >= 0.6 is 0 Å². The smallest absolute Gasteiger partial charge is 0.0462 e. The molecule has 1 aromatic carbocycles.